The smallest absolute Gasteiger partial charge is 0.272 e. The number of fused-ring (bicyclic) bond motifs is 1. The van der Waals surface area contributed by atoms with E-state index in [0.29, 0.717) is 11.3 Å². The fourth-order valence-electron chi connectivity index (χ4n) is 5.07. The van der Waals surface area contributed by atoms with Crippen molar-refractivity contribution in [2.24, 2.45) is 0 Å². The van der Waals surface area contributed by atoms with Crippen molar-refractivity contribution in [1.29, 1.82) is 0 Å². The first kappa shape index (κ1) is 31.1. The number of H-pyrrole nitrogens is 1. The van der Waals surface area contributed by atoms with E-state index in [4.69, 9.17) is 0 Å². The minimum atomic E-state index is -0.504. The predicted octanol–water partition coefficient (Wildman–Crippen LogP) is 8.36. The van der Waals surface area contributed by atoms with Gasteiger partial charge in [-0.25, -0.2) is 0 Å². The molecule has 0 saturated heterocycles. The summed E-state index contributed by atoms with van der Waals surface area (Å²) < 4.78 is 0. The van der Waals surface area contributed by atoms with Gasteiger partial charge in [-0.2, -0.15) is 0 Å². The topological polar surface area (TPSA) is 103 Å². The Kier molecular flexibility index (Phi) is 9.60. The highest BCUT2D eigenvalue weighted by molar-refractivity contribution is 8.00. The molecule has 47 heavy (non-hydrogen) atoms. The molecule has 6 rings (SSSR count). The van der Waals surface area contributed by atoms with Gasteiger partial charge in [0.15, 0.2) is 0 Å². The minimum absolute atomic E-state index is 0.0964. The molecule has 0 aliphatic rings. The molecule has 6 aromatic rings. The van der Waals surface area contributed by atoms with Crippen LogP contribution in [-0.4, -0.2) is 22.7 Å². The summed E-state index contributed by atoms with van der Waals surface area (Å²) in [4.78, 5) is 44.3. The normalized spacial score (nSPS) is 11.9. The molecule has 232 valence electrons. The molecule has 0 spiro atoms. The lowest BCUT2D eigenvalue weighted by atomic mass is 10.1. The summed E-state index contributed by atoms with van der Waals surface area (Å²) in [5.74, 6) is -0.997. The lowest BCUT2D eigenvalue weighted by Crippen LogP contribution is -2.30. The van der Waals surface area contributed by atoms with Gasteiger partial charge in [-0.15, -0.1) is 11.8 Å². The summed E-state index contributed by atoms with van der Waals surface area (Å²) in [6, 6.07) is 41.1. The number of amides is 3. The lowest BCUT2D eigenvalue weighted by Gasteiger charge is -2.18. The van der Waals surface area contributed by atoms with E-state index in [1.165, 1.54) is 11.8 Å². The van der Waals surface area contributed by atoms with Crippen LogP contribution in [0.2, 0.25) is 0 Å². The van der Waals surface area contributed by atoms with Gasteiger partial charge in [0.1, 0.15) is 10.9 Å². The van der Waals surface area contributed by atoms with Gasteiger partial charge in [0.05, 0.1) is 0 Å². The molecule has 3 amide bonds. The van der Waals surface area contributed by atoms with Crippen molar-refractivity contribution in [1.82, 2.24) is 10.3 Å². The molecular formula is C39H32N4O3S. The van der Waals surface area contributed by atoms with E-state index in [2.05, 4.69) is 20.9 Å². The number of aromatic nitrogens is 1. The van der Waals surface area contributed by atoms with E-state index < -0.39 is 17.1 Å². The van der Waals surface area contributed by atoms with Crippen LogP contribution in [0.5, 0.6) is 0 Å². The SMILES string of the molecule is Cc1ccccc1NC(=O)[C@@H](Sc1ccc(NC(=O)/C(=C\c2c[nH]c3ccccc23)NC(=O)c2ccccc2)cc1)c1ccccc1. The summed E-state index contributed by atoms with van der Waals surface area (Å²) in [5, 5.41) is 9.20. The number of benzene rings is 5. The molecule has 0 radical (unpaired) electrons. The van der Waals surface area contributed by atoms with Gasteiger partial charge in [0.25, 0.3) is 11.8 Å². The Morgan fingerprint density at radius 2 is 1.38 bits per heavy atom. The number of nitrogens with one attached hydrogen (secondary N) is 4. The van der Waals surface area contributed by atoms with Crippen LogP contribution in [0.1, 0.15) is 32.3 Å². The molecule has 4 N–H and O–H groups in total. The van der Waals surface area contributed by atoms with E-state index in [1.807, 2.05) is 104 Å². The summed E-state index contributed by atoms with van der Waals surface area (Å²) >= 11 is 1.42. The van der Waals surface area contributed by atoms with Crippen LogP contribution in [0, 0.1) is 6.92 Å². The molecule has 0 fully saturated rings. The van der Waals surface area contributed by atoms with Gasteiger partial charge >= 0.3 is 0 Å². The van der Waals surface area contributed by atoms with Gasteiger partial charge in [0, 0.05) is 44.5 Å². The van der Waals surface area contributed by atoms with Crippen LogP contribution >= 0.6 is 11.8 Å². The Labute approximate surface area is 277 Å². The van der Waals surface area contributed by atoms with Crippen molar-refractivity contribution < 1.29 is 14.4 Å². The second kappa shape index (κ2) is 14.5. The molecule has 0 aliphatic heterocycles. The standard InChI is InChI=1S/C39H32N4O3S/c1-26-12-8-10-18-33(26)42-39(46)36(27-13-4-2-5-14-27)47-31-22-20-30(21-23-31)41-38(45)35(43-37(44)28-15-6-3-7-16-28)24-29-25-40-34-19-11-9-17-32(29)34/h2-25,36,40H,1H3,(H,41,45)(H,42,46)(H,43,44)/b35-24+/t36-/m0/s1. The summed E-state index contributed by atoms with van der Waals surface area (Å²) in [6.45, 7) is 1.96. The van der Waals surface area contributed by atoms with Crippen LogP contribution < -0.4 is 16.0 Å². The molecular weight excluding hydrogens is 605 g/mol. The van der Waals surface area contributed by atoms with Crippen molar-refractivity contribution in [2.75, 3.05) is 10.6 Å². The Hall–Kier alpha value is -5.86. The number of hydrogen-bond donors (Lipinski definition) is 4. The number of para-hydroxylation sites is 2. The molecule has 0 aliphatic carbocycles. The van der Waals surface area contributed by atoms with E-state index in [1.54, 1.807) is 48.7 Å². The van der Waals surface area contributed by atoms with Gasteiger partial charge < -0.3 is 20.9 Å². The minimum Gasteiger partial charge on any atom is -0.361 e. The molecule has 1 aromatic heterocycles. The van der Waals surface area contributed by atoms with Crippen LogP contribution in [0.4, 0.5) is 11.4 Å². The molecule has 0 bridgehead atoms. The monoisotopic (exact) mass is 636 g/mol. The average Bonchev–Trinajstić information content (AvgIpc) is 3.52. The first-order chi connectivity index (χ1) is 22.9. The number of thioether (sulfide) groups is 1. The zero-order valence-electron chi connectivity index (χ0n) is 25.6. The van der Waals surface area contributed by atoms with Crippen LogP contribution in [0.25, 0.3) is 17.0 Å². The quantitative estimate of drug-likeness (QED) is 0.0896. The van der Waals surface area contributed by atoms with E-state index >= 15 is 0 Å². The zero-order chi connectivity index (χ0) is 32.6. The number of rotatable bonds is 10. The van der Waals surface area contributed by atoms with Crippen LogP contribution in [-0.2, 0) is 9.59 Å². The van der Waals surface area contributed by atoms with Crippen molar-refractivity contribution in [3.05, 3.63) is 168 Å². The van der Waals surface area contributed by atoms with Crippen LogP contribution in [0.3, 0.4) is 0 Å². The van der Waals surface area contributed by atoms with Gasteiger partial charge in [-0.3, -0.25) is 14.4 Å². The van der Waals surface area contributed by atoms with Crippen molar-refractivity contribution in [3.8, 4) is 0 Å². The predicted molar refractivity (Wildman–Crippen MR) is 190 cm³/mol. The zero-order valence-corrected chi connectivity index (χ0v) is 26.4. The number of aromatic amines is 1. The van der Waals surface area contributed by atoms with Crippen molar-refractivity contribution in [3.63, 3.8) is 0 Å². The number of carbonyl (C=O) groups is 3. The second-order valence-electron chi connectivity index (χ2n) is 10.9. The number of hydrogen-bond acceptors (Lipinski definition) is 4. The maximum absolute atomic E-state index is 13.6. The fraction of sp³-hybridized carbons (Fsp3) is 0.0513. The fourth-order valence-corrected chi connectivity index (χ4v) is 6.10. The largest absolute Gasteiger partial charge is 0.361 e. The molecule has 7 nitrogen and oxygen atoms in total. The first-order valence-electron chi connectivity index (χ1n) is 15.1. The molecule has 0 unspecified atom stereocenters. The third kappa shape index (κ3) is 7.69. The molecule has 1 heterocycles. The summed E-state index contributed by atoms with van der Waals surface area (Å²) in [5.41, 5.74) is 5.39. The van der Waals surface area contributed by atoms with E-state index in [9.17, 15) is 14.4 Å². The number of anilines is 2. The second-order valence-corrected chi connectivity index (χ2v) is 12.0. The lowest BCUT2D eigenvalue weighted by molar-refractivity contribution is -0.116. The highest BCUT2D eigenvalue weighted by atomic mass is 32.2. The highest BCUT2D eigenvalue weighted by Gasteiger charge is 2.23. The van der Waals surface area contributed by atoms with Crippen LogP contribution in [0.15, 0.2) is 150 Å². The van der Waals surface area contributed by atoms with Gasteiger partial charge in [-0.05, 0) is 72.7 Å². The number of carbonyl (C=O) groups excluding carboxylic acids is 3. The Balaban J connectivity index is 1.21. The number of aryl methyl sites for hydroxylation is 1. The van der Waals surface area contributed by atoms with E-state index in [-0.39, 0.29) is 11.6 Å². The summed E-state index contributed by atoms with van der Waals surface area (Å²) in [7, 11) is 0. The van der Waals surface area contributed by atoms with Crippen molar-refractivity contribution >= 4 is 57.8 Å². The van der Waals surface area contributed by atoms with Crippen molar-refractivity contribution in [2.45, 2.75) is 17.1 Å². The highest BCUT2D eigenvalue weighted by Crippen LogP contribution is 2.37. The van der Waals surface area contributed by atoms with Gasteiger partial charge in [0.2, 0.25) is 5.91 Å². The molecule has 1 atom stereocenters. The molecule has 8 heteroatoms. The van der Waals surface area contributed by atoms with Gasteiger partial charge in [-0.1, -0.05) is 84.9 Å². The maximum Gasteiger partial charge on any atom is 0.272 e. The first-order valence-corrected chi connectivity index (χ1v) is 16.0. The Morgan fingerprint density at radius 3 is 2.13 bits per heavy atom. The third-order valence-corrected chi connectivity index (χ3v) is 8.83. The maximum atomic E-state index is 13.6. The molecule has 0 saturated carbocycles. The molecule has 5 aromatic carbocycles. The average molecular weight is 637 g/mol. The van der Waals surface area contributed by atoms with E-state index in [0.717, 1.165) is 38.2 Å². The Bertz CT molecular complexity index is 2060. The third-order valence-electron chi connectivity index (χ3n) is 7.56. The Morgan fingerprint density at radius 1 is 0.723 bits per heavy atom. The summed E-state index contributed by atoms with van der Waals surface area (Å²) in [6.07, 6.45) is 3.47.